The van der Waals surface area contributed by atoms with Crippen molar-refractivity contribution >= 4 is 23.4 Å². The summed E-state index contributed by atoms with van der Waals surface area (Å²) < 4.78 is 12.0. The highest BCUT2D eigenvalue weighted by atomic mass is 32.2. The second-order valence-corrected chi connectivity index (χ2v) is 5.86. The van der Waals surface area contributed by atoms with Crippen LogP contribution in [-0.4, -0.2) is 33.1 Å². The Kier molecular flexibility index (Phi) is 5.24. The fourth-order valence-electron chi connectivity index (χ4n) is 2.12. The van der Waals surface area contributed by atoms with Crippen LogP contribution in [0.4, 0.5) is 5.69 Å². The normalized spacial score (nSPS) is 10.6. The predicted molar refractivity (Wildman–Crippen MR) is 94.8 cm³/mol. The van der Waals surface area contributed by atoms with E-state index in [-0.39, 0.29) is 11.7 Å². The van der Waals surface area contributed by atoms with E-state index in [0.717, 1.165) is 0 Å². The molecule has 0 spiro atoms. The van der Waals surface area contributed by atoms with Gasteiger partial charge in [-0.1, -0.05) is 23.9 Å². The van der Waals surface area contributed by atoms with Crippen molar-refractivity contribution in [3.63, 3.8) is 0 Å². The number of carbonyl (C=O) groups is 1. The van der Waals surface area contributed by atoms with Gasteiger partial charge in [0.05, 0.1) is 24.3 Å². The summed E-state index contributed by atoms with van der Waals surface area (Å²) in [6, 6.07) is 10.7. The fourth-order valence-corrected chi connectivity index (χ4v) is 2.77. The van der Waals surface area contributed by atoms with Gasteiger partial charge in [-0.05, 0) is 31.2 Å². The average molecular weight is 359 g/mol. The first-order chi connectivity index (χ1) is 12.2. The molecular weight excluding hydrogens is 342 g/mol. The lowest BCUT2D eigenvalue weighted by molar-refractivity contribution is -0.113. The zero-order valence-electron chi connectivity index (χ0n) is 13.5. The van der Waals surface area contributed by atoms with Crippen LogP contribution in [-0.2, 0) is 4.79 Å². The van der Waals surface area contributed by atoms with E-state index in [1.54, 1.807) is 24.3 Å². The first-order valence-electron chi connectivity index (χ1n) is 7.58. The number of amides is 1. The maximum absolute atomic E-state index is 12.2. The number of para-hydroxylation sites is 2. The van der Waals surface area contributed by atoms with Crippen LogP contribution in [0.25, 0.3) is 11.6 Å². The van der Waals surface area contributed by atoms with Gasteiger partial charge in [0.25, 0.3) is 0 Å². The van der Waals surface area contributed by atoms with Crippen molar-refractivity contribution in [2.24, 2.45) is 0 Å². The van der Waals surface area contributed by atoms with Crippen LogP contribution >= 0.6 is 11.8 Å². The summed E-state index contributed by atoms with van der Waals surface area (Å²) in [6.45, 7) is 2.41. The van der Waals surface area contributed by atoms with E-state index in [1.807, 2.05) is 19.1 Å². The van der Waals surface area contributed by atoms with E-state index in [9.17, 15) is 4.79 Å². The van der Waals surface area contributed by atoms with E-state index in [1.165, 1.54) is 22.7 Å². The molecule has 2 aromatic heterocycles. The lowest BCUT2D eigenvalue weighted by atomic mass is 10.3. The van der Waals surface area contributed by atoms with E-state index < -0.39 is 0 Å². The van der Waals surface area contributed by atoms with Gasteiger partial charge in [-0.2, -0.15) is 0 Å². The number of aromatic nitrogens is 3. The molecule has 0 unspecified atom stereocenters. The molecule has 2 heterocycles. The Balaban J connectivity index is 1.62. The number of rotatable bonds is 7. The Morgan fingerprint density at radius 3 is 2.92 bits per heavy atom. The van der Waals surface area contributed by atoms with Crippen LogP contribution in [0, 0.1) is 0 Å². The second-order valence-electron chi connectivity index (χ2n) is 4.92. The first kappa shape index (κ1) is 16.9. The SMILES string of the molecule is CCOc1ccccc1NC(=O)CSc1nnc(-c2ccco2)n1N. The minimum absolute atomic E-state index is 0.133. The van der Waals surface area contributed by atoms with Crippen molar-refractivity contribution in [3.05, 3.63) is 42.7 Å². The number of nitrogens with one attached hydrogen (secondary N) is 1. The van der Waals surface area contributed by atoms with Gasteiger partial charge >= 0.3 is 0 Å². The molecule has 8 nitrogen and oxygen atoms in total. The molecule has 3 rings (SSSR count). The Hall–Kier alpha value is -2.94. The highest BCUT2D eigenvalue weighted by molar-refractivity contribution is 7.99. The molecule has 0 saturated heterocycles. The smallest absolute Gasteiger partial charge is 0.234 e. The van der Waals surface area contributed by atoms with Crippen LogP contribution < -0.4 is 15.9 Å². The van der Waals surface area contributed by atoms with Gasteiger partial charge < -0.3 is 20.3 Å². The van der Waals surface area contributed by atoms with Crippen LogP contribution in [0.5, 0.6) is 5.75 Å². The number of ether oxygens (including phenoxy) is 1. The first-order valence-corrected chi connectivity index (χ1v) is 8.56. The predicted octanol–water partition coefficient (Wildman–Crippen LogP) is 2.38. The minimum Gasteiger partial charge on any atom is -0.492 e. The second kappa shape index (κ2) is 7.75. The summed E-state index contributed by atoms with van der Waals surface area (Å²) in [5.74, 6) is 7.43. The standard InChI is InChI=1S/C16H17N5O3S/c1-2-23-12-7-4-3-6-11(12)18-14(22)10-25-16-20-19-15(21(16)17)13-8-5-9-24-13/h3-9H,2,10,17H2,1H3,(H,18,22). The molecule has 0 aliphatic heterocycles. The molecule has 25 heavy (non-hydrogen) atoms. The molecule has 0 atom stereocenters. The molecule has 0 aliphatic carbocycles. The van der Waals surface area contributed by atoms with Crippen molar-refractivity contribution in [3.8, 4) is 17.3 Å². The topological polar surface area (TPSA) is 108 Å². The summed E-state index contributed by atoms with van der Waals surface area (Å²) in [5, 5.41) is 11.2. The van der Waals surface area contributed by atoms with E-state index >= 15 is 0 Å². The van der Waals surface area contributed by atoms with E-state index in [0.29, 0.717) is 34.8 Å². The average Bonchev–Trinajstić information content (AvgIpc) is 3.25. The highest BCUT2D eigenvalue weighted by Crippen LogP contribution is 2.25. The minimum atomic E-state index is -0.195. The van der Waals surface area contributed by atoms with Gasteiger partial charge in [0.15, 0.2) is 5.76 Å². The molecule has 0 radical (unpaired) electrons. The van der Waals surface area contributed by atoms with Crippen molar-refractivity contribution in [1.82, 2.24) is 14.9 Å². The number of hydrogen-bond donors (Lipinski definition) is 2. The van der Waals surface area contributed by atoms with Gasteiger partial charge in [0, 0.05) is 0 Å². The quantitative estimate of drug-likeness (QED) is 0.492. The molecule has 1 amide bonds. The van der Waals surface area contributed by atoms with Gasteiger partial charge in [-0.15, -0.1) is 10.2 Å². The number of thioether (sulfide) groups is 1. The summed E-state index contributed by atoms with van der Waals surface area (Å²) in [7, 11) is 0. The Bertz CT molecular complexity index is 847. The number of carbonyl (C=O) groups excluding carboxylic acids is 1. The van der Waals surface area contributed by atoms with Crippen LogP contribution in [0.3, 0.4) is 0 Å². The molecule has 1 aromatic carbocycles. The monoisotopic (exact) mass is 359 g/mol. The van der Waals surface area contributed by atoms with Crippen molar-refractivity contribution in [2.45, 2.75) is 12.1 Å². The molecule has 0 aliphatic rings. The third-order valence-electron chi connectivity index (χ3n) is 3.20. The molecular formula is C16H17N5O3S. The Morgan fingerprint density at radius 2 is 2.16 bits per heavy atom. The third kappa shape index (κ3) is 3.94. The lowest BCUT2D eigenvalue weighted by Gasteiger charge is -2.10. The fraction of sp³-hybridized carbons (Fsp3) is 0.188. The number of hydrogen-bond acceptors (Lipinski definition) is 7. The summed E-state index contributed by atoms with van der Waals surface area (Å²) in [6.07, 6.45) is 1.53. The maximum atomic E-state index is 12.2. The molecule has 0 saturated carbocycles. The largest absolute Gasteiger partial charge is 0.492 e. The number of nitrogens with zero attached hydrogens (tertiary/aromatic N) is 3. The van der Waals surface area contributed by atoms with Gasteiger partial charge in [-0.25, -0.2) is 4.68 Å². The molecule has 9 heteroatoms. The van der Waals surface area contributed by atoms with Gasteiger partial charge in [0.1, 0.15) is 5.75 Å². The summed E-state index contributed by atoms with van der Waals surface area (Å²) in [4.78, 5) is 12.2. The zero-order chi connectivity index (χ0) is 17.6. The van der Waals surface area contributed by atoms with Crippen LogP contribution in [0.1, 0.15) is 6.92 Å². The Morgan fingerprint density at radius 1 is 1.32 bits per heavy atom. The summed E-state index contributed by atoms with van der Waals surface area (Å²) >= 11 is 1.18. The molecule has 0 fully saturated rings. The molecule has 0 bridgehead atoms. The third-order valence-corrected chi connectivity index (χ3v) is 4.14. The van der Waals surface area contributed by atoms with Gasteiger partial charge in [0.2, 0.25) is 16.9 Å². The zero-order valence-corrected chi connectivity index (χ0v) is 14.3. The van der Waals surface area contributed by atoms with Crippen molar-refractivity contribution in [2.75, 3.05) is 23.5 Å². The van der Waals surface area contributed by atoms with E-state index in [4.69, 9.17) is 15.0 Å². The van der Waals surface area contributed by atoms with Crippen molar-refractivity contribution in [1.29, 1.82) is 0 Å². The molecule has 3 aromatic rings. The maximum Gasteiger partial charge on any atom is 0.234 e. The molecule has 130 valence electrons. The van der Waals surface area contributed by atoms with E-state index in [2.05, 4.69) is 15.5 Å². The van der Waals surface area contributed by atoms with Gasteiger partial charge in [-0.3, -0.25) is 4.79 Å². The highest BCUT2D eigenvalue weighted by Gasteiger charge is 2.16. The number of benzene rings is 1. The summed E-state index contributed by atoms with van der Waals surface area (Å²) in [5.41, 5.74) is 0.625. The number of nitrogen functional groups attached to an aromatic ring is 1. The van der Waals surface area contributed by atoms with Crippen LogP contribution in [0.15, 0.2) is 52.2 Å². The number of furan rings is 1. The molecule has 3 N–H and O–H groups in total. The van der Waals surface area contributed by atoms with Crippen LogP contribution in [0.2, 0.25) is 0 Å². The number of nitrogens with two attached hydrogens (primary N) is 1. The lowest BCUT2D eigenvalue weighted by Crippen LogP contribution is -2.17. The van der Waals surface area contributed by atoms with Crippen molar-refractivity contribution < 1.29 is 13.9 Å². The number of anilines is 1. The Labute approximate surface area is 148 Å².